The van der Waals surface area contributed by atoms with Gasteiger partial charge in [-0.15, -0.1) is 0 Å². The molecule has 0 fully saturated rings. The van der Waals surface area contributed by atoms with Crippen LogP contribution in [-0.4, -0.2) is 37.6 Å². The molecule has 0 atom stereocenters. The summed E-state index contributed by atoms with van der Waals surface area (Å²) in [7, 11) is -3.91. The lowest BCUT2D eigenvalue weighted by Gasteiger charge is -2.30. The predicted octanol–water partition coefficient (Wildman–Crippen LogP) is 2.03. The average molecular weight is 385 g/mol. The zero-order valence-corrected chi connectivity index (χ0v) is 15.6. The van der Waals surface area contributed by atoms with Crippen LogP contribution in [0.25, 0.3) is 0 Å². The normalized spacial score (nSPS) is 17.6. The fourth-order valence-electron chi connectivity index (χ4n) is 3.74. The maximum absolute atomic E-state index is 13.1. The van der Waals surface area contributed by atoms with E-state index in [0.717, 1.165) is 28.4 Å². The van der Waals surface area contributed by atoms with Crippen LogP contribution in [0, 0.1) is 0 Å². The molecule has 2 N–H and O–H groups in total. The molecule has 0 spiro atoms. The Kier molecular flexibility index (Phi) is 3.96. The predicted molar refractivity (Wildman–Crippen MR) is 101 cm³/mol. The Balaban J connectivity index is 1.77. The molecule has 2 aromatic carbocycles. The number of nitrogens with two attached hydrogens (primary N) is 1. The van der Waals surface area contributed by atoms with Crippen molar-refractivity contribution >= 4 is 33.2 Å². The van der Waals surface area contributed by atoms with E-state index in [4.69, 9.17) is 5.73 Å². The van der Waals surface area contributed by atoms with Gasteiger partial charge in [0.1, 0.15) is 4.90 Å². The second-order valence-corrected chi connectivity index (χ2v) is 8.42. The van der Waals surface area contributed by atoms with Crippen LogP contribution in [0.5, 0.6) is 0 Å². The minimum atomic E-state index is -3.91. The van der Waals surface area contributed by atoms with Crippen LogP contribution >= 0.6 is 0 Å². The van der Waals surface area contributed by atoms with Crippen molar-refractivity contribution in [1.29, 1.82) is 0 Å². The Morgan fingerprint density at radius 3 is 2.74 bits per heavy atom. The summed E-state index contributed by atoms with van der Waals surface area (Å²) in [6.45, 7) is 2.18. The molecule has 140 valence electrons. The molecule has 0 saturated heterocycles. The van der Waals surface area contributed by atoms with Crippen LogP contribution < -0.4 is 10.6 Å². The molecule has 27 heavy (non-hydrogen) atoms. The highest BCUT2D eigenvalue weighted by Gasteiger charge is 2.40. The second kappa shape index (κ2) is 6.09. The summed E-state index contributed by atoms with van der Waals surface area (Å²) < 4.78 is 26.0. The van der Waals surface area contributed by atoms with E-state index < -0.39 is 15.9 Å². The number of benzene rings is 2. The van der Waals surface area contributed by atoms with Crippen molar-refractivity contribution in [2.75, 3.05) is 23.7 Å². The first-order valence-electron chi connectivity index (χ1n) is 8.76. The van der Waals surface area contributed by atoms with Crippen molar-refractivity contribution in [1.82, 2.24) is 4.31 Å². The molecule has 0 unspecified atom stereocenters. The quantitative estimate of drug-likeness (QED) is 0.797. The van der Waals surface area contributed by atoms with Crippen LogP contribution in [0.15, 0.2) is 41.3 Å². The van der Waals surface area contributed by atoms with E-state index >= 15 is 0 Å². The van der Waals surface area contributed by atoms with Gasteiger partial charge in [-0.2, -0.15) is 0 Å². The third-order valence-electron chi connectivity index (χ3n) is 5.07. The van der Waals surface area contributed by atoms with Crippen LogP contribution in [-0.2, 0) is 16.4 Å². The van der Waals surface area contributed by atoms with E-state index in [9.17, 15) is 18.0 Å². The van der Waals surface area contributed by atoms with Crippen LogP contribution in [0.3, 0.4) is 0 Å². The molecular weight excluding hydrogens is 366 g/mol. The lowest BCUT2D eigenvalue weighted by atomic mass is 9.99. The zero-order valence-electron chi connectivity index (χ0n) is 14.8. The average Bonchev–Trinajstić information content (AvgIpc) is 2.86. The molecule has 0 saturated carbocycles. The Morgan fingerprint density at radius 1 is 1.22 bits per heavy atom. The molecule has 2 heterocycles. The number of rotatable bonds is 2. The smallest absolute Gasteiger partial charge is 0.268 e. The standard InChI is InChI=1S/C19H19N3O4S/c1-2-22-19(24)14-9-8-12(11-17(14)27(22,25)26)18(23)21-10-4-5-13-15(20)6-3-7-16(13)21/h3,6-9,11H,2,4-5,10,20H2,1H3. The maximum atomic E-state index is 13.1. The summed E-state index contributed by atoms with van der Waals surface area (Å²) in [6.07, 6.45) is 1.57. The first-order chi connectivity index (χ1) is 12.9. The number of fused-ring (bicyclic) bond motifs is 2. The zero-order chi connectivity index (χ0) is 19.3. The topological polar surface area (TPSA) is 101 Å². The second-order valence-electron chi connectivity index (χ2n) is 6.59. The summed E-state index contributed by atoms with van der Waals surface area (Å²) >= 11 is 0. The number of carbonyl (C=O) groups excluding carboxylic acids is 2. The van der Waals surface area contributed by atoms with Gasteiger partial charge in [-0.25, -0.2) is 12.7 Å². The van der Waals surface area contributed by atoms with Crippen molar-refractivity contribution < 1.29 is 18.0 Å². The van der Waals surface area contributed by atoms with Crippen LogP contribution in [0.1, 0.15) is 39.6 Å². The fraction of sp³-hybridized carbons (Fsp3) is 0.263. The van der Waals surface area contributed by atoms with Crippen molar-refractivity contribution in [3.05, 3.63) is 53.1 Å². The molecule has 0 aliphatic carbocycles. The summed E-state index contributed by atoms with van der Waals surface area (Å²) in [6, 6.07) is 9.68. The SMILES string of the molecule is CCN1C(=O)c2ccc(C(=O)N3CCCc4c(N)cccc43)cc2S1(=O)=O. The molecule has 2 aliphatic heterocycles. The lowest BCUT2D eigenvalue weighted by Crippen LogP contribution is -2.35. The van der Waals surface area contributed by atoms with Gasteiger partial charge >= 0.3 is 0 Å². The van der Waals surface area contributed by atoms with Crippen molar-refractivity contribution in [2.45, 2.75) is 24.7 Å². The molecule has 7 nitrogen and oxygen atoms in total. The number of hydrogen-bond acceptors (Lipinski definition) is 5. The molecule has 8 heteroatoms. The van der Waals surface area contributed by atoms with Gasteiger partial charge < -0.3 is 10.6 Å². The van der Waals surface area contributed by atoms with E-state index in [1.807, 2.05) is 6.07 Å². The van der Waals surface area contributed by atoms with Crippen molar-refractivity contribution in [3.63, 3.8) is 0 Å². The monoisotopic (exact) mass is 385 g/mol. The number of hydrogen-bond donors (Lipinski definition) is 1. The third kappa shape index (κ3) is 2.51. The van der Waals surface area contributed by atoms with Gasteiger partial charge in [-0.1, -0.05) is 6.07 Å². The molecule has 0 aromatic heterocycles. The minimum Gasteiger partial charge on any atom is -0.398 e. The lowest BCUT2D eigenvalue weighted by molar-refractivity contribution is 0.0874. The van der Waals surface area contributed by atoms with E-state index in [2.05, 4.69) is 0 Å². The Hall–Kier alpha value is -2.87. The maximum Gasteiger partial charge on any atom is 0.268 e. The molecule has 2 aromatic rings. The number of nitrogens with zero attached hydrogens (tertiary/aromatic N) is 2. The first kappa shape index (κ1) is 17.5. The van der Waals surface area contributed by atoms with Crippen molar-refractivity contribution in [2.24, 2.45) is 0 Å². The van der Waals surface area contributed by atoms with E-state index in [0.29, 0.717) is 12.2 Å². The number of amides is 2. The van der Waals surface area contributed by atoms with Gasteiger partial charge in [0.25, 0.3) is 21.8 Å². The Morgan fingerprint density at radius 2 is 2.00 bits per heavy atom. The highest BCUT2D eigenvalue weighted by molar-refractivity contribution is 7.90. The van der Waals surface area contributed by atoms with Gasteiger partial charge in [-0.3, -0.25) is 9.59 Å². The third-order valence-corrected chi connectivity index (χ3v) is 6.97. The Labute approximate surface area is 157 Å². The molecule has 2 amide bonds. The summed E-state index contributed by atoms with van der Waals surface area (Å²) in [4.78, 5) is 26.9. The largest absolute Gasteiger partial charge is 0.398 e. The minimum absolute atomic E-state index is 0.0535. The van der Waals surface area contributed by atoms with E-state index in [-0.39, 0.29) is 28.5 Å². The molecule has 4 rings (SSSR count). The molecule has 2 aliphatic rings. The van der Waals surface area contributed by atoms with Crippen molar-refractivity contribution in [3.8, 4) is 0 Å². The van der Waals surface area contributed by atoms with Gasteiger partial charge in [0, 0.05) is 30.0 Å². The summed E-state index contributed by atoms with van der Waals surface area (Å²) in [5, 5.41) is 0. The molecule has 0 bridgehead atoms. The van der Waals surface area contributed by atoms with Gasteiger partial charge in [0.05, 0.1) is 5.56 Å². The van der Waals surface area contributed by atoms with E-state index in [1.54, 1.807) is 24.0 Å². The highest BCUT2D eigenvalue weighted by atomic mass is 32.2. The molecular formula is C19H19N3O4S. The summed E-state index contributed by atoms with van der Waals surface area (Å²) in [5.41, 5.74) is 8.70. The molecule has 0 radical (unpaired) electrons. The Bertz CT molecular complexity index is 1080. The number of nitrogen functional groups attached to an aromatic ring is 1. The highest BCUT2D eigenvalue weighted by Crippen LogP contribution is 2.34. The van der Waals surface area contributed by atoms with Crippen LogP contribution in [0.2, 0.25) is 0 Å². The summed E-state index contributed by atoms with van der Waals surface area (Å²) in [5.74, 6) is -0.857. The first-order valence-corrected chi connectivity index (χ1v) is 10.2. The number of sulfonamides is 1. The number of carbonyl (C=O) groups is 2. The van der Waals surface area contributed by atoms with Gasteiger partial charge in [0.15, 0.2) is 0 Å². The fourth-order valence-corrected chi connectivity index (χ4v) is 5.34. The van der Waals surface area contributed by atoms with Gasteiger partial charge in [0.2, 0.25) is 0 Å². The number of anilines is 2. The van der Waals surface area contributed by atoms with E-state index in [1.165, 1.54) is 18.2 Å². The van der Waals surface area contributed by atoms with Crippen LogP contribution in [0.4, 0.5) is 11.4 Å². The van der Waals surface area contributed by atoms with Gasteiger partial charge in [-0.05, 0) is 55.7 Å².